The van der Waals surface area contributed by atoms with Crippen LogP contribution in [0.1, 0.15) is 42.5 Å². The summed E-state index contributed by atoms with van der Waals surface area (Å²) in [6.07, 6.45) is 2.07. The van der Waals surface area contributed by atoms with Crippen LogP contribution in [-0.2, 0) is 4.74 Å². The van der Waals surface area contributed by atoms with Gasteiger partial charge in [-0.3, -0.25) is 5.32 Å². The molecule has 0 aliphatic carbocycles. The first-order valence-corrected chi connectivity index (χ1v) is 9.50. The van der Waals surface area contributed by atoms with Gasteiger partial charge in [0, 0.05) is 31.8 Å². The summed E-state index contributed by atoms with van der Waals surface area (Å²) in [6.45, 7) is 1.30. The molecule has 1 aromatic heterocycles. The first-order chi connectivity index (χ1) is 13.1. The molecule has 1 aliphatic heterocycles. The van der Waals surface area contributed by atoms with Gasteiger partial charge in [-0.15, -0.1) is 0 Å². The number of nitrogens with one attached hydrogen (secondary N) is 2. The predicted molar refractivity (Wildman–Crippen MR) is 102 cm³/mol. The van der Waals surface area contributed by atoms with E-state index in [0.717, 1.165) is 24.2 Å². The van der Waals surface area contributed by atoms with Crippen LogP contribution in [0.15, 0.2) is 28.8 Å². The van der Waals surface area contributed by atoms with Crippen LogP contribution in [-0.4, -0.2) is 36.1 Å². The Labute approximate surface area is 167 Å². The van der Waals surface area contributed by atoms with E-state index < -0.39 is 12.1 Å². The number of carbonyl (C=O) groups is 1. The Morgan fingerprint density at radius 2 is 2.04 bits per heavy atom. The first kappa shape index (κ1) is 19.9. The van der Waals surface area contributed by atoms with Gasteiger partial charge < -0.3 is 19.7 Å². The number of hydrogen-bond donors (Lipinski definition) is 3. The van der Waals surface area contributed by atoms with Gasteiger partial charge in [0.05, 0.1) is 16.1 Å². The van der Waals surface area contributed by atoms with Gasteiger partial charge in [-0.05, 0) is 37.0 Å². The lowest BCUT2D eigenvalue weighted by Gasteiger charge is -2.19. The maximum absolute atomic E-state index is 12.3. The third-order valence-electron chi connectivity index (χ3n) is 4.46. The summed E-state index contributed by atoms with van der Waals surface area (Å²) in [5.74, 6) is 1.33. The van der Waals surface area contributed by atoms with Crippen LogP contribution >= 0.6 is 23.2 Å². The van der Waals surface area contributed by atoms with Crippen LogP contribution < -0.4 is 10.6 Å². The number of aliphatic hydroxyl groups excluding tert-OH is 1. The second-order valence-electron chi connectivity index (χ2n) is 6.34. The van der Waals surface area contributed by atoms with Crippen molar-refractivity contribution in [3.05, 3.63) is 45.6 Å². The number of benzene rings is 1. The molecule has 0 bridgehead atoms. The molecule has 1 aromatic carbocycles. The molecule has 1 unspecified atom stereocenters. The first-order valence-electron chi connectivity index (χ1n) is 8.74. The number of anilines is 1. The van der Waals surface area contributed by atoms with Crippen molar-refractivity contribution in [2.75, 3.05) is 25.1 Å². The number of aliphatic hydroxyl groups is 1. The molecule has 1 saturated heterocycles. The number of nitrogens with zero attached hydrogens (tertiary/aromatic N) is 1. The van der Waals surface area contributed by atoms with Crippen molar-refractivity contribution >= 4 is 35.1 Å². The van der Waals surface area contributed by atoms with Crippen molar-refractivity contribution in [1.29, 1.82) is 0 Å². The minimum absolute atomic E-state index is 0.0942. The van der Waals surface area contributed by atoms with Gasteiger partial charge in [-0.25, -0.2) is 4.79 Å². The molecule has 1 aliphatic rings. The van der Waals surface area contributed by atoms with Crippen LogP contribution in [0, 0.1) is 0 Å². The van der Waals surface area contributed by atoms with E-state index >= 15 is 0 Å². The molecule has 2 amide bonds. The zero-order valence-corrected chi connectivity index (χ0v) is 16.1. The Morgan fingerprint density at radius 1 is 1.26 bits per heavy atom. The number of halogens is 2. The fourth-order valence-electron chi connectivity index (χ4n) is 3.01. The van der Waals surface area contributed by atoms with Crippen molar-refractivity contribution in [1.82, 2.24) is 10.5 Å². The van der Waals surface area contributed by atoms with E-state index in [1.54, 1.807) is 24.3 Å². The van der Waals surface area contributed by atoms with Gasteiger partial charge >= 0.3 is 6.03 Å². The summed E-state index contributed by atoms with van der Waals surface area (Å²) in [5.41, 5.74) is 0.747. The highest BCUT2D eigenvalue weighted by Crippen LogP contribution is 2.29. The minimum atomic E-state index is -0.452. The highest BCUT2D eigenvalue weighted by Gasteiger charge is 2.21. The topological polar surface area (TPSA) is 96.6 Å². The van der Waals surface area contributed by atoms with E-state index in [4.69, 9.17) is 32.5 Å². The Kier molecular flexibility index (Phi) is 6.95. The van der Waals surface area contributed by atoms with Crippen LogP contribution in [0.5, 0.6) is 0 Å². The van der Waals surface area contributed by atoms with Gasteiger partial charge in [0.1, 0.15) is 5.76 Å². The van der Waals surface area contributed by atoms with Gasteiger partial charge in [-0.1, -0.05) is 34.4 Å². The highest BCUT2D eigenvalue weighted by atomic mass is 35.5. The van der Waals surface area contributed by atoms with Crippen LogP contribution in [0.25, 0.3) is 0 Å². The van der Waals surface area contributed by atoms with E-state index in [9.17, 15) is 9.90 Å². The molecule has 0 radical (unpaired) electrons. The average Bonchev–Trinajstić information content (AvgIpc) is 3.13. The fourth-order valence-corrected chi connectivity index (χ4v) is 3.32. The second kappa shape index (κ2) is 9.41. The maximum atomic E-state index is 12.3. The van der Waals surface area contributed by atoms with Gasteiger partial charge in [0.2, 0.25) is 0 Å². The molecule has 1 fully saturated rings. The normalized spacial score (nSPS) is 16.1. The number of hydrogen-bond acceptors (Lipinski definition) is 5. The number of amides is 2. The van der Waals surface area contributed by atoms with Gasteiger partial charge in [-0.2, -0.15) is 0 Å². The molecule has 3 rings (SSSR count). The predicted octanol–water partition coefficient (Wildman–Crippen LogP) is 4.12. The van der Waals surface area contributed by atoms with Crippen LogP contribution in [0.2, 0.25) is 10.0 Å². The van der Waals surface area contributed by atoms with E-state index in [0.29, 0.717) is 35.5 Å². The Hall–Kier alpha value is -1.80. The van der Waals surface area contributed by atoms with Gasteiger partial charge in [0.25, 0.3) is 0 Å². The third kappa shape index (κ3) is 5.35. The van der Waals surface area contributed by atoms with E-state index in [2.05, 4.69) is 15.8 Å². The molecule has 0 saturated carbocycles. The molecule has 9 heteroatoms. The van der Waals surface area contributed by atoms with E-state index in [1.807, 2.05) is 0 Å². The van der Waals surface area contributed by atoms with Crippen molar-refractivity contribution < 1.29 is 19.2 Å². The summed E-state index contributed by atoms with van der Waals surface area (Å²) in [5, 5.41) is 19.5. The van der Waals surface area contributed by atoms with E-state index in [1.165, 1.54) is 0 Å². The average molecular weight is 414 g/mol. The summed E-state index contributed by atoms with van der Waals surface area (Å²) < 4.78 is 10.7. The molecule has 3 N–H and O–H groups in total. The molecule has 0 spiro atoms. The lowest BCUT2D eigenvalue weighted by molar-refractivity contribution is 0.0791. The molecule has 2 heterocycles. The number of urea groups is 1. The van der Waals surface area contributed by atoms with Crippen molar-refractivity contribution in [3.8, 4) is 0 Å². The molecule has 27 heavy (non-hydrogen) atoms. The SMILES string of the molecule is O=C(Nc1cc(C2CCOCC2)on1)NC(CCO)c1ccc(Cl)c(Cl)c1. The van der Waals surface area contributed by atoms with Crippen molar-refractivity contribution in [2.45, 2.75) is 31.2 Å². The van der Waals surface area contributed by atoms with Crippen molar-refractivity contribution in [3.63, 3.8) is 0 Å². The summed E-state index contributed by atoms with van der Waals surface area (Å²) >= 11 is 12.0. The monoisotopic (exact) mass is 413 g/mol. The zero-order chi connectivity index (χ0) is 19.2. The van der Waals surface area contributed by atoms with Crippen LogP contribution in [0.4, 0.5) is 10.6 Å². The quantitative estimate of drug-likeness (QED) is 0.661. The van der Waals surface area contributed by atoms with Crippen LogP contribution in [0.3, 0.4) is 0 Å². The smallest absolute Gasteiger partial charge is 0.320 e. The summed E-state index contributed by atoms with van der Waals surface area (Å²) in [4.78, 5) is 12.3. The minimum Gasteiger partial charge on any atom is -0.396 e. The Bertz CT molecular complexity index is 778. The number of aromatic nitrogens is 1. The fraction of sp³-hybridized carbons (Fsp3) is 0.444. The lowest BCUT2D eigenvalue weighted by Crippen LogP contribution is -2.33. The highest BCUT2D eigenvalue weighted by molar-refractivity contribution is 6.42. The molecule has 7 nitrogen and oxygen atoms in total. The van der Waals surface area contributed by atoms with E-state index in [-0.39, 0.29) is 12.5 Å². The maximum Gasteiger partial charge on any atom is 0.320 e. The number of ether oxygens (including phenoxy) is 1. The summed E-state index contributed by atoms with van der Waals surface area (Å²) in [6, 6.07) is 5.94. The molecule has 1 atom stereocenters. The summed E-state index contributed by atoms with van der Waals surface area (Å²) in [7, 11) is 0. The third-order valence-corrected chi connectivity index (χ3v) is 5.20. The Balaban J connectivity index is 1.62. The molecular formula is C18H21Cl2N3O4. The number of rotatable bonds is 6. The second-order valence-corrected chi connectivity index (χ2v) is 7.15. The largest absolute Gasteiger partial charge is 0.396 e. The lowest BCUT2D eigenvalue weighted by atomic mass is 9.98. The zero-order valence-electron chi connectivity index (χ0n) is 14.6. The standard InChI is InChI=1S/C18H21Cl2N3O4/c19-13-2-1-12(9-14(13)20)15(3-6-24)21-18(25)22-17-10-16(27-23-17)11-4-7-26-8-5-11/h1-2,9-11,15,24H,3-8H2,(H2,21,22,23,25). The van der Waals surface area contributed by atoms with Crippen molar-refractivity contribution in [2.24, 2.45) is 0 Å². The molecular weight excluding hydrogens is 393 g/mol. The number of carbonyl (C=O) groups excluding carboxylic acids is 1. The molecule has 146 valence electrons. The van der Waals surface area contributed by atoms with Gasteiger partial charge in [0.15, 0.2) is 5.82 Å². The molecule has 2 aromatic rings. The Morgan fingerprint density at radius 3 is 2.74 bits per heavy atom.